The van der Waals surface area contributed by atoms with Crippen LogP contribution in [0.1, 0.15) is 23.4 Å². The fourth-order valence-electron chi connectivity index (χ4n) is 4.57. The van der Waals surface area contributed by atoms with Crippen LogP contribution in [0.2, 0.25) is 0 Å². The van der Waals surface area contributed by atoms with E-state index in [1.807, 2.05) is 19.9 Å². The number of pyridine rings is 1. The second kappa shape index (κ2) is 6.58. The van der Waals surface area contributed by atoms with Crippen LogP contribution in [0.4, 0.5) is 26.0 Å². The molecule has 2 atom stereocenters. The quantitative estimate of drug-likeness (QED) is 0.656. The number of morpholine rings is 1. The Labute approximate surface area is 177 Å². The number of fused-ring (bicyclic) bond motifs is 5. The normalized spacial score (nSPS) is 21.4. The Morgan fingerprint density at radius 3 is 2.52 bits per heavy atom. The molecule has 0 amide bonds. The van der Waals surface area contributed by atoms with Gasteiger partial charge in [-0.05, 0) is 32.0 Å². The summed E-state index contributed by atoms with van der Waals surface area (Å²) >= 11 is 0. The molecule has 7 nitrogen and oxygen atoms in total. The number of H-pyrrole nitrogens is 1. The minimum Gasteiger partial charge on any atom is -0.371 e. The van der Waals surface area contributed by atoms with Gasteiger partial charge in [-0.3, -0.25) is 5.10 Å². The molecular weight excluding hydrogens is 402 g/mol. The standard InChI is InChI=1S/C22H20F2N6O/c1-10-19-14(7-17(25-10)30-8-12-6-13(9-30)31-12)21-20(11(2)28-29-21)27-22(26-19)18-15(23)4-3-5-16(18)24/h3-5,7,12-13H,6,8-9H2,1-2H3,(H,26,27)(H,28,29). The number of aryl methyl sites for hydroxylation is 2. The number of hydrogen-bond acceptors (Lipinski definition) is 6. The average molecular weight is 422 g/mol. The number of nitrogens with one attached hydrogen (secondary N) is 2. The maximum atomic E-state index is 14.6. The van der Waals surface area contributed by atoms with E-state index >= 15 is 0 Å². The summed E-state index contributed by atoms with van der Waals surface area (Å²) in [5.74, 6) is -0.445. The molecule has 2 aromatic heterocycles. The van der Waals surface area contributed by atoms with Gasteiger partial charge in [-0.2, -0.15) is 5.10 Å². The fourth-order valence-corrected chi connectivity index (χ4v) is 4.57. The van der Waals surface area contributed by atoms with Gasteiger partial charge in [0.15, 0.2) is 0 Å². The Hall–Kier alpha value is -3.33. The molecule has 2 unspecified atom stereocenters. The molecule has 3 fully saturated rings. The predicted molar refractivity (Wildman–Crippen MR) is 113 cm³/mol. The second-order valence-electron chi connectivity index (χ2n) is 8.22. The highest BCUT2D eigenvalue weighted by molar-refractivity contribution is 6.14. The van der Waals surface area contributed by atoms with Gasteiger partial charge in [0.05, 0.1) is 40.5 Å². The first-order chi connectivity index (χ1) is 15.0. The molecule has 2 N–H and O–H groups in total. The molecule has 3 aromatic rings. The van der Waals surface area contributed by atoms with Crippen molar-refractivity contribution < 1.29 is 13.5 Å². The Bertz CT molecular complexity index is 1220. The van der Waals surface area contributed by atoms with Gasteiger partial charge >= 0.3 is 0 Å². The van der Waals surface area contributed by atoms with Crippen molar-refractivity contribution in [3.8, 4) is 11.3 Å². The third-order valence-corrected chi connectivity index (χ3v) is 6.12. The van der Waals surface area contributed by atoms with Gasteiger partial charge in [0.25, 0.3) is 0 Å². The average Bonchev–Trinajstić information content (AvgIpc) is 2.99. The van der Waals surface area contributed by atoms with Crippen LogP contribution in [-0.4, -0.2) is 46.3 Å². The van der Waals surface area contributed by atoms with Gasteiger partial charge in [-0.25, -0.2) is 18.8 Å². The molecule has 9 heteroatoms. The van der Waals surface area contributed by atoms with E-state index in [4.69, 9.17) is 9.72 Å². The summed E-state index contributed by atoms with van der Waals surface area (Å²) in [5.41, 5.74) is 3.83. The zero-order valence-corrected chi connectivity index (χ0v) is 17.0. The highest BCUT2D eigenvalue weighted by Gasteiger charge is 2.39. The minimum atomic E-state index is -0.688. The smallest absolute Gasteiger partial charge is 0.144 e. The molecule has 7 rings (SSSR count). The van der Waals surface area contributed by atoms with Crippen molar-refractivity contribution in [3.05, 3.63) is 52.9 Å². The molecule has 0 aliphatic carbocycles. The van der Waals surface area contributed by atoms with E-state index in [-0.39, 0.29) is 23.6 Å². The second-order valence-corrected chi connectivity index (χ2v) is 8.22. The zero-order valence-electron chi connectivity index (χ0n) is 17.0. The molecule has 0 spiro atoms. The summed E-state index contributed by atoms with van der Waals surface area (Å²) in [6.07, 6.45) is 1.60. The summed E-state index contributed by atoms with van der Waals surface area (Å²) in [4.78, 5) is 11.6. The molecule has 158 valence electrons. The molecule has 6 heterocycles. The number of benzene rings is 1. The molecule has 3 saturated heterocycles. The molecule has 4 aliphatic heterocycles. The van der Waals surface area contributed by atoms with Gasteiger partial charge in [0.2, 0.25) is 0 Å². The highest BCUT2D eigenvalue weighted by Crippen LogP contribution is 2.42. The maximum Gasteiger partial charge on any atom is 0.144 e. The first-order valence-electron chi connectivity index (χ1n) is 10.3. The Kier molecular flexibility index (Phi) is 3.92. The van der Waals surface area contributed by atoms with E-state index in [1.54, 1.807) is 0 Å². The summed E-state index contributed by atoms with van der Waals surface area (Å²) in [7, 11) is 0. The van der Waals surface area contributed by atoms with Crippen LogP contribution in [0.15, 0.2) is 29.3 Å². The Morgan fingerprint density at radius 1 is 1.10 bits per heavy atom. The van der Waals surface area contributed by atoms with Crippen LogP contribution in [0.5, 0.6) is 0 Å². The topological polar surface area (TPSA) is 78.4 Å². The summed E-state index contributed by atoms with van der Waals surface area (Å²) in [5, 5.41) is 10.5. The van der Waals surface area contributed by atoms with Crippen LogP contribution in [0.25, 0.3) is 11.3 Å². The lowest BCUT2D eigenvalue weighted by Gasteiger charge is -2.47. The van der Waals surface area contributed by atoms with Crippen molar-refractivity contribution in [2.75, 3.05) is 23.3 Å². The summed E-state index contributed by atoms with van der Waals surface area (Å²) < 4.78 is 34.9. The number of amidine groups is 1. The number of aliphatic imine (C=N–C) groups is 1. The number of piperidine rings is 1. The number of aromatic nitrogens is 3. The lowest BCUT2D eigenvalue weighted by atomic mass is 9.98. The SMILES string of the molecule is Cc1n[nH]c2c1N=C(c1c(F)cccc1F)Nc1c-2cc(N2CC3CC(C2)O3)nc1C. The molecular formula is C22H20F2N6O. The van der Waals surface area contributed by atoms with Gasteiger partial charge in [0, 0.05) is 25.1 Å². The molecule has 31 heavy (non-hydrogen) atoms. The molecule has 2 bridgehead atoms. The maximum absolute atomic E-state index is 14.6. The zero-order chi connectivity index (χ0) is 21.3. The number of rotatable bonds is 2. The molecule has 0 radical (unpaired) electrons. The third-order valence-electron chi connectivity index (χ3n) is 6.12. The van der Waals surface area contributed by atoms with Crippen molar-refractivity contribution >= 4 is 23.0 Å². The van der Waals surface area contributed by atoms with E-state index in [2.05, 4.69) is 25.4 Å². The van der Waals surface area contributed by atoms with Crippen molar-refractivity contribution in [1.29, 1.82) is 0 Å². The first kappa shape index (κ1) is 18.4. The van der Waals surface area contributed by atoms with E-state index in [1.165, 1.54) is 18.2 Å². The number of nitrogens with zero attached hydrogens (tertiary/aromatic N) is 4. The number of aromatic amines is 1. The number of anilines is 2. The lowest BCUT2D eigenvalue weighted by Crippen LogP contribution is -2.57. The molecule has 0 saturated carbocycles. The molecule has 4 aliphatic rings. The van der Waals surface area contributed by atoms with Gasteiger partial charge in [0.1, 0.15) is 29.0 Å². The number of ether oxygens (including phenoxy) is 1. The minimum absolute atomic E-state index is 0.0883. The predicted octanol–water partition coefficient (Wildman–Crippen LogP) is 3.85. The summed E-state index contributed by atoms with van der Waals surface area (Å²) in [6.45, 7) is 5.28. The lowest BCUT2D eigenvalue weighted by molar-refractivity contribution is -0.133. The fraction of sp³-hybridized carbons (Fsp3) is 0.318. The van der Waals surface area contributed by atoms with Crippen molar-refractivity contribution in [3.63, 3.8) is 0 Å². The van der Waals surface area contributed by atoms with Crippen LogP contribution < -0.4 is 10.2 Å². The van der Waals surface area contributed by atoms with Gasteiger partial charge < -0.3 is 15.0 Å². The Balaban J connectivity index is 1.51. The van der Waals surface area contributed by atoms with Gasteiger partial charge in [-0.1, -0.05) is 6.07 Å². The van der Waals surface area contributed by atoms with E-state index in [0.29, 0.717) is 28.5 Å². The van der Waals surface area contributed by atoms with E-state index in [9.17, 15) is 8.78 Å². The highest BCUT2D eigenvalue weighted by atomic mass is 19.1. The van der Waals surface area contributed by atoms with Crippen LogP contribution >= 0.6 is 0 Å². The van der Waals surface area contributed by atoms with Crippen molar-refractivity contribution in [1.82, 2.24) is 15.2 Å². The number of halogens is 2. The number of hydrogen-bond donors (Lipinski definition) is 2. The third kappa shape index (κ3) is 2.83. The van der Waals surface area contributed by atoms with E-state index < -0.39 is 11.6 Å². The van der Waals surface area contributed by atoms with Crippen LogP contribution in [0, 0.1) is 25.5 Å². The Morgan fingerprint density at radius 2 is 1.81 bits per heavy atom. The molecule has 1 aromatic carbocycles. The first-order valence-corrected chi connectivity index (χ1v) is 10.3. The van der Waals surface area contributed by atoms with Crippen LogP contribution in [0.3, 0.4) is 0 Å². The van der Waals surface area contributed by atoms with Crippen molar-refractivity contribution in [2.45, 2.75) is 32.5 Å². The largest absolute Gasteiger partial charge is 0.371 e. The van der Waals surface area contributed by atoms with Crippen molar-refractivity contribution in [2.24, 2.45) is 4.99 Å². The van der Waals surface area contributed by atoms with Gasteiger partial charge in [-0.15, -0.1) is 0 Å². The monoisotopic (exact) mass is 422 g/mol. The summed E-state index contributed by atoms with van der Waals surface area (Å²) in [6, 6.07) is 5.75. The van der Waals surface area contributed by atoms with Crippen LogP contribution in [-0.2, 0) is 4.74 Å². The van der Waals surface area contributed by atoms with E-state index in [0.717, 1.165) is 30.9 Å².